The Kier molecular flexibility index (Phi) is 10.5. The number of carbonyl (C=O) groups excluding carboxylic acids is 2. The number of carboxylic acid groups (broad SMARTS) is 1. The van der Waals surface area contributed by atoms with E-state index in [-0.39, 0.29) is 51.7 Å². The van der Waals surface area contributed by atoms with Crippen LogP contribution < -0.4 is 0 Å². The van der Waals surface area contributed by atoms with E-state index in [2.05, 4.69) is 17.2 Å². The third-order valence-corrected chi connectivity index (χ3v) is 11.8. The number of carbonyl (C=O) groups is 3. The van der Waals surface area contributed by atoms with Crippen LogP contribution in [0.2, 0.25) is 0 Å². The molecule has 0 aromatic heterocycles. The van der Waals surface area contributed by atoms with Gasteiger partial charge in [-0.25, -0.2) is 4.79 Å². The molecule has 0 heterocycles. The van der Waals surface area contributed by atoms with Crippen LogP contribution in [0.15, 0.2) is 76.5 Å². The Morgan fingerprint density at radius 3 is 2.53 bits per heavy atom. The third-order valence-electron chi connectivity index (χ3n) is 11.3. The molecule has 0 aliphatic heterocycles. The third kappa shape index (κ3) is 6.82. The molecule has 0 bridgehead atoms. The lowest BCUT2D eigenvalue weighted by molar-refractivity contribution is -0.178. The van der Waals surface area contributed by atoms with E-state index >= 15 is 0 Å². The molecule has 8 unspecified atom stereocenters. The molecule has 5 N–H and O–H groups in total. The van der Waals surface area contributed by atoms with Gasteiger partial charge in [-0.3, -0.25) is 13.8 Å². The molecule has 262 valence electrons. The van der Waals surface area contributed by atoms with Gasteiger partial charge in [0, 0.05) is 22.5 Å². The number of aromatic hydroxyl groups is 1. The number of aliphatic hydroxyl groups is 3. The highest BCUT2D eigenvalue weighted by Crippen LogP contribution is 2.67. The highest BCUT2D eigenvalue weighted by Gasteiger charge is 2.67. The van der Waals surface area contributed by atoms with E-state index in [1.807, 2.05) is 13.0 Å². The first-order valence-corrected chi connectivity index (χ1v) is 17.5. The number of ketones is 2. The number of benzene rings is 2. The fraction of sp³-hybridized carbons (Fsp3) is 0.472. The van der Waals surface area contributed by atoms with E-state index in [4.69, 9.17) is 5.11 Å². The van der Waals surface area contributed by atoms with Crippen molar-refractivity contribution in [3.63, 3.8) is 0 Å². The molecule has 4 aliphatic carbocycles. The molecule has 0 spiro atoms. The molecular weight excluding hydrogens is 652 g/mol. The lowest BCUT2D eigenvalue weighted by atomic mass is 9.46. The number of fused-ring (bicyclic) bond motifs is 5. The van der Waals surface area contributed by atoms with E-state index in [1.165, 1.54) is 18.2 Å². The summed E-state index contributed by atoms with van der Waals surface area (Å²) < 4.78 is 21.3. The summed E-state index contributed by atoms with van der Waals surface area (Å²) in [4.78, 5) is 35.1. The summed E-state index contributed by atoms with van der Waals surface area (Å²) in [5.74, 6) is -1.86. The Morgan fingerprint density at radius 1 is 1.10 bits per heavy atom. The number of Topliss-reactive ketones (excluding diaryl/α,β-unsaturated/α-hetero) is 1. The van der Waals surface area contributed by atoms with Gasteiger partial charge in [0.2, 0.25) is 0 Å². The number of nitrogens with zero attached hydrogens (tertiary/aromatic N) is 2. The Balaban J connectivity index is 0.000000193. The van der Waals surface area contributed by atoms with Crippen LogP contribution >= 0.6 is 0 Å². The average molecular weight is 694 g/mol. The molecule has 0 radical (unpaired) electrons. The van der Waals surface area contributed by atoms with Crippen molar-refractivity contribution in [1.29, 1.82) is 0 Å². The molecule has 12 nitrogen and oxygen atoms in total. The molecule has 0 saturated heterocycles. The van der Waals surface area contributed by atoms with Crippen LogP contribution in [0.3, 0.4) is 0 Å². The second-order valence-corrected chi connectivity index (χ2v) is 14.8. The topological polar surface area (TPSA) is 217 Å². The lowest BCUT2D eigenvalue weighted by Gasteiger charge is -2.59. The largest absolute Gasteiger partial charge is 0.772 e. The van der Waals surface area contributed by atoms with Gasteiger partial charge in [0.1, 0.15) is 23.5 Å². The number of allylic oxidation sites excluding steroid dienone is 4. The van der Waals surface area contributed by atoms with Gasteiger partial charge < -0.3 is 30.1 Å². The monoisotopic (exact) mass is 693 g/mol. The van der Waals surface area contributed by atoms with Crippen LogP contribution in [-0.4, -0.2) is 75.9 Å². The minimum atomic E-state index is -2.14. The van der Waals surface area contributed by atoms with Crippen LogP contribution in [-0.2, 0) is 27.1 Å². The second kappa shape index (κ2) is 14.2. The molecule has 2 aromatic carbocycles. The predicted octanol–water partition coefficient (Wildman–Crippen LogP) is 4.49. The van der Waals surface area contributed by atoms with Crippen molar-refractivity contribution >= 4 is 40.0 Å². The maximum atomic E-state index is 12.4. The maximum absolute atomic E-state index is 12.4. The Morgan fingerprint density at radius 2 is 1.84 bits per heavy atom. The molecule has 49 heavy (non-hydrogen) atoms. The number of aryl methyl sites for hydroxylation is 1. The van der Waals surface area contributed by atoms with E-state index in [1.54, 1.807) is 36.4 Å². The van der Waals surface area contributed by atoms with Gasteiger partial charge in [0.05, 0.1) is 17.5 Å². The molecule has 2 aromatic rings. The fourth-order valence-electron chi connectivity index (χ4n) is 8.80. The molecule has 8 atom stereocenters. The van der Waals surface area contributed by atoms with Crippen LogP contribution in [0.1, 0.15) is 61.9 Å². The van der Waals surface area contributed by atoms with Gasteiger partial charge in [0.25, 0.3) is 0 Å². The molecule has 6 rings (SSSR count). The smallest absolute Gasteiger partial charge is 0.339 e. The summed E-state index contributed by atoms with van der Waals surface area (Å²) in [6.45, 7) is 3.34. The first kappa shape index (κ1) is 36.4. The molecule has 3 fully saturated rings. The predicted molar refractivity (Wildman–Crippen MR) is 178 cm³/mol. The Bertz CT molecular complexity index is 1760. The number of azo groups is 1. The minimum absolute atomic E-state index is 0.00912. The summed E-state index contributed by atoms with van der Waals surface area (Å²) in [6.07, 6.45) is 7.99. The fourth-order valence-corrected chi connectivity index (χ4v) is 9.19. The van der Waals surface area contributed by atoms with Crippen molar-refractivity contribution in [1.82, 2.24) is 0 Å². The second-order valence-electron chi connectivity index (χ2n) is 13.8. The van der Waals surface area contributed by atoms with Crippen molar-refractivity contribution in [3.8, 4) is 5.75 Å². The van der Waals surface area contributed by atoms with Gasteiger partial charge in [-0.15, -0.1) is 0 Å². The van der Waals surface area contributed by atoms with E-state index in [9.17, 15) is 43.6 Å². The van der Waals surface area contributed by atoms with E-state index in [0.29, 0.717) is 24.9 Å². The zero-order valence-corrected chi connectivity index (χ0v) is 28.1. The minimum Gasteiger partial charge on any atom is -0.772 e. The molecule has 0 amide bonds. The molecule has 13 heteroatoms. The highest BCUT2D eigenvalue weighted by molar-refractivity contribution is 7.79. The van der Waals surface area contributed by atoms with Crippen molar-refractivity contribution in [3.05, 3.63) is 77.4 Å². The number of hydrogen-bond donors (Lipinski definition) is 5. The lowest BCUT2D eigenvalue weighted by Crippen LogP contribution is -2.61. The van der Waals surface area contributed by atoms with Gasteiger partial charge >= 0.3 is 5.97 Å². The Labute approximate surface area is 286 Å². The average Bonchev–Trinajstić information content (AvgIpc) is 3.34. The summed E-state index contributed by atoms with van der Waals surface area (Å²) in [7, 11) is 0. The first-order valence-electron chi connectivity index (χ1n) is 16.3. The molecule has 3 saturated carbocycles. The number of carboxylic acids is 1. The van der Waals surface area contributed by atoms with Crippen molar-refractivity contribution in [2.75, 3.05) is 12.4 Å². The summed E-state index contributed by atoms with van der Waals surface area (Å²) >= 11 is -2.14. The summed E-state index contributed by atoms with van der Waals surface area (Å²) in [5.41, 5.74) is -0.320. The maximum Gasteiger partial charge on any atom is 0.339 e. The molecular formula is C36H41N2O10S-. The number of aromatic carboxylic acids is 1. The van der Waals surface area contributed by atoms with Gasteiger partial charge in [-0.1, -0.05) is 54.8 Å². The number of aliphatic hydroxyl groups excluding tert-OH is 2. The van der Waals surface area contributed by atoms with Gasteiger partial charge in [-0.05, 0) is 92.3 Å². The molecule has 4 aliphatic rings. The summed E-state index contributed by atoms with van der Waals surface area (Å²) in [6, 6.07) is 10.8. The Hall–Kier alpha value is -3.88. The summed E-state index contributed by atoms with van der Waals surface area (Å²) in [5, 5.41) is 58.0. The quantitative estimate of drug-likeness (QED) is 0.193. The number of phenols is 1. The SMILES string of the molecule is CC12C=CC(=O)C=C1CCC1C2C(O)CC2(C)C1CCC2(O)C(=O)CO.O=C(O)c1cc(N=Nc2ccccc2CCS(=O)[O-])ccc1O. The number of hydrogen-bond acceptors (Lipinski definition) is 11. The van der Waals surface area contributed by atoms with E-state index < -0.39 is 46.6 Å². The van der Waals surface area contributed by atoms with Crippen LogP contribution in [0.25, 0.3) is 0 Å². The number of rotatable bonds is 8. The van der Waals surface area contributed by atoms with Crippen LogP contribution in [0.5, 0.6) is 5.75 Å². The van der Waals surface area contributed by atoms with Gasteiger partial charge in [-0.2, -0.15) is 10.2 Å². The van der Waals surface area contributed by atoms with Crippen LogP contribution in [0, 0.1) is 28.6 Å². The zero-order valence-electron chi connectivity index (χ0n) is 27.3. The van der Waals surface area contributed by atoms with Crippen molar-refractivity contribution in [2.45, 2.75) is 64.1 Å². The zero-order chi connectivity index (χ0) is 35.7. The first-order chi connectivity index (χ1) is 23.1. The van der Waals surface area contributed by atoms with Gasteiger partial charge in [0.15, 0.2) is 11.6 Å². The van der Waals surface area contributed by atoms with Crippen LogP contribution in [0.4, 0.5) is 11.4 Å². The standard InChI is InChI=1S/C21H28O5.C15H14N2O5S/c1-19-7-5-13(23)9-12(19)3-4-14-15-6-8-21(26,17(25)11-22)20(15,2)10-16(24)18(14)19;18-14-6-5-11(9-12(14)15(19)20)16-17-13-4-2-1-3-10(13)7-8-23(21)22/h5,7,9,14-16,18,22,24,26H,3-4,6,8,10-11H2,1-2H3;1-6,9,18H,7-8H2,(H,19,20)(H,21,22)/p-1. The van der Waals surface area contributed by atoms with E-state index in [0.717, 1.165) is 30.4 Å². The highest BCUT2D eigenvalue weighted by atomic mass is 32.2. The normalized spacial score (nSPS) is 32.3. The van der Waals surface area contributed by atoms with Crippen molar-refractivity contribution < 1.29 is 48.7 Å². The van der Waals surface area contributed by atoms with Crippen molar-refractivity contribution in [2.24, 2.45) is 38.8 Å².